The highest BCUT2D eigenvalue weighted by atomic mass is 19.4. The highest BCUT2D eigenvalue weighted by Crippen LogP contribution is 2.31. The number of anilines is 1. The van der Waals surface area contributed by atoms with E-state index >= 15 is 0 Å². The Balaban J connectivity index is 1.91. The highest BCUT2D eigenvalue weighted by molar-refractivity contribution is 5.92. The number of pyridine rings is 2. The summed E-state index contributed by atoms with van der Waals surface area (Å²) in [6, 6.07) is 7.99. The number of nitrogens with zero attached hydrogens (tertiary/aromatic N) is 2. The van der Waals surface area contributed by atoms with Crippen molar-refractivity contribution >= 4 is 22.8 Å². The normalized spacial score (nSPS) is 11.4. The molecular formula is C18H15F3N4O. The minimum atomic E-state index is -4.37. The van der Waals surface area contributed by atoms with E-state index < -0.39 is 11.7 Å². The molecule has 0 bridgehead atoms. The van der Waals surface area contributed by atoms with E-state index in [1.54, 1.807) is 25.3 Å². The van der Waals surface area contributed by atoms with Gasteiger partial charge in [0.15, 0.2) is 5.65 Å². The molecule has 0 aliphatic carbocycles. The molecule has 0 unspecified atom stereocenters. The van der Waals surface area contributed by atoms with Gasteiger partial charge in [0, 0.05) is 23.7 Å². The van der Waals surface area contributed by atoms with Crippen LogP contribution in [0.1, 0.15) is 12.5 Å². The second-order valence-electron chi connectivity index (χ2n) is 5.55. The fraction of sp³-hybridized carbons (Fsp3) is 0.167. The third kappa shape index (κ3) is 3.90. The molecule has 0 radical (unpaired) electrons. The summed E-state index contributed by atoms with van der Waals surface area (Å²) in [4.78, 5) is 20.0. The van der Waals surface area contributed by atoms with Crippen LogP contribution in [-0.2, 0) is 6.18 Å². The smallest absolute Gasteiger partial charge is 0.338 e. The highest BCUT2D eigenvalue weighted by Gasteiger charge is 2.29. The summed E-state index contributed by atoms with van der Waals surface area (Å²) in [6.07, 6.45) is -1.33. The summed E-state index contributed by atoms with van der Waals surface area (Å²) in [6.45, 7) is 2.30. The third-order valence-electron chi connectivity index (χ3n) is 3.67. The van der Waals surface area contributed by atoms with Crippen LogP contribution in [0.15, 0.2) is 48.8 Å². The van der Waals surface area contributed by atoms with Crippen LogP contribution in [0, 0.1) is 0 Å². The van der Waals surface area contributed by atoms with E-state index in [1.165, 1.54) is 18.3 Å². The monoisotopic (exact) mass is 360 g/mol. The van der Waals surface area contributed by atoms with Gasteiger partial charge in [-0.1, -0.05) is 12.1 Å². The molecule has 2 heterocycles. The number of amides is 2. The molecule has 0 spiro atoms. The zero-order valence-electron chi connectivity index (χ0n) is 13.8. The van der Waals surface area contributed by atoms with Gasteiger partial charge in [-0.15, -0.1) is 0 Å². The van der Waals surface area contributed by atoms with Crippen molar-refractivity contribution in [2.24, 2.45) is 0 Å². The predicted molar refractivity (Wildman–Crippen MR) is 92.7 cm³/mol. The Bertz CT molecular complexity index is 939. The summed E-state index contributed by atoms with van der Waals surface area (Å²) in [5.41, 5.74) is 1.53. The molecule has 0 fully saturated rings. The lowest BCUT2D eigenvalue weighted by Crippen LogP contribution is -2.28. The van der Waals surface area contributed by atoms with Gasteiger partial charge in [0.1, 0.15) is 0 Å². The number of carbonyl (C=O) groups is 1. The van der Waals surface area contributed by atoms with Crippen molar-refractivity contribution in [3.05, 3.63) is 54.4 Å². The van der Waals surface area contributed by atoms with Gasteiger partial charge in [-0.25, -0.2) is 14.8 Å². The van der Waals surface area contributed by atoms with Crippen LogP contribution in [0.2, 0.25) is 0 Å². The largest absolute Gasteiger partial charge is 0.416 e. The lowest BCUT2D eigenvalue weighted by Gasteiger charge is -2.09. The maximum atomic E-state index is 12.7. The van der Waals surface area contributed by atoms with Crippen molar-refractivity contribution < 1.29 is 18.0 Å². The zero-order valence-corrected chi connectivity index (χ0v) is 13.8. The molecule has 26 heavy (non-hydrogen) atoms. The molecule has 2 N–H and O–H groups in total. The number of carbonyl (C=O) groups excluding carboxylic acids is 1. The predicted octanol–water partition coefficient (Wildman–Crippen LogP) is 4.46. The average Bonchev–Trinajstić information content (AvgIpc) is 2.60. The standard InChI is InChI=1S/C18H15F3N4O/c1-2-22-17(26)25-15-8-12-7-13(9-23-16(12)24-10-15)11-3-5-14(6-4-11)18(19,20)21/h3-10H,2H2,1H3,(H2,22,25,26). The number of urea groups is 1. The van der Waals surface area contributed by atoms with Gasteiger partial charge in [-0.2, -0.15) is 13.2 Å². The number of nitrogens with one attached hydrogen (secondary N) is 2. The minimum absolute atomic E-state index is 0.347. The van der Waals surface area contributed by atoms with Gasteiger partial charge in [-0.3, -0.25) is 0 Å². The van der Waals surface area contributed by atoms with Crippen LogP contribution in [0.25, 0.3) is 22.2 Å². The summed E-state index contributed by atoms with van der Waals surface area (Å²) >= 11 is 0. The van der Waals surface area contributed by atoms with Gasteiger partial charge in [0.05, 0.1) is 17.4 Å². The summed E-state index contributed by atoms with van der Waals surface area (Å²) in [5, 5.41) is 5.93. The zero-order chi connectivity index (χ0) is 18.7. The molecule has 134 valence electrons. The van der Waals surface area contributed by atoms with Crippen LogP contribution < -0.4 is 10.6 Å². The molecule has 3 aromatic rings. The van der Waals surface area contributed by atoms with E-state index in [1.807, 2.05) is 0 Å². The first-order chi connectivity index (χ1) is 12.4. The van der Waals surface area contributed by atoms with Crippen LogP contribution in [0.5, 0.6) is 0 Å². The molecule has 5 nitrogen and oxygen atoms in total. The molecule has 3 rings (SSSR count). The van der Waals surface area contributed by atoms with Gasteiger partial charge in [-0.05, 0) is 36.8 Å². The van der Waals surface area contributed by atoms with Crippen molar-refractivity contribution in [3.63, 3.8) is 0 Å². The molecule has 2 amide bonds. The first kappa shape index (κ1) is 17.7. The minimum Gasteiger partial charge on any atom is -0.338 e. The number of aromatic nitrogens is 2. The third-order valence-corrected chi connectivity index (χ3v) is 3.67. The van der Waals surface area contributed by atoms with Crippen LogP contribution in [0.4, 0.5) is 23.7 Å². The van der Waals surface area contributed by atoms with E-state index in [2.05, 4.69) is 20.6 Å². The summed E-state index contributed by atoms with van der Waals surface area (Å²) in [5.74, 6) is 0. The number of fused-ring (bicyclic) bond motifs is 1. The maximum absolute atomic E-state index is 12.7. The Morgan fingerprint density at radius 2 is 1.73 bits per heavy atom. The average molecular weight is 360 g/mol. The molecule has 1 aromatic carbocycles. The number of hydrogen-bond donors (Lipinski definition) is 2. The van der Waals surface area contributed by atoms with E-state index in [4.69, 9.17) is 0 Å². The number of alkyl halides is 3. The van der Waals surface area contributed by atoms with Crippen molar-refractivity contribution in [2.45, 2.75) is 13.1 Å². The number of rotatable bonds is 3. The topological polar surface area (TPSA) is 66.9 Å². The van der Waals surface area contributed by atoms with Gasteiger partial charge in [0.2, 0.25) is 0 Å². The Morgan fingerprint density at radius 1 is 1.04 bits per heavy atom. The SMILES string of the molecule is CCNC(=O)Nc1cnc2ncc(-c3ccc(C(F)(F)F)cc3)cc2c1. The summed E-state index contributed by atoms with van der Waals surface area (Å²) < 4.78 is 38.0. The second-order valence-corrected chi connectivity index (χ2v) is 5.55. The maximum Gasteiger partial charge on any atom is 0.416 e. The fourth-order valence-corrected chi connectivity index (χ4v) is 2.44. The first-order valence-corrected chi connectivity index (χ1v) is 7.85. The van der Waals surface area contributed by atoms with Gasteiger partial charge >= 0.3 is 12.2 Å². The van der Waals surface area contributed by atoms with E-state index in [-0.39, 0.29) is 6.03 Å². The Kier molecular flexibility index (Phi) is 4.75. The molecule has 0 aliphatic rings. The Labute approximate surface area is 147 Å². The Morgan fingerprint density at radius 3 is 2.38 bits per heavy atom. The van der Waals surface area contributed by atoms with E-state index in [0.29, 0.717) is 34.4 Å². The van der Waals surface area contributed by atoms with E-state index in [9.17, 15) is 18.0 Å². The van der Waals surface area contributed by atoms with Crippen molar-refractivity contribution in [1.29, 1.82) is 0 Å². The van der Waals surface area contributed by atoms with Crippen molar-refractivity contribution in [2.75, 3.05) is 11.9 Å². The van der Waals surface area contributed by atoms with Gasteiger partial charge < -0.3 is 10.6 Å². The first-order valence-electron chi connectivity index (χ1n) is 7.85. The molecule has 8 heteroatoms. The molecular weight excluding hydrogens is 345 g/mol. The molecule has 0 saturated heterocycles. The van der Waals surface area contributed by atoms with Crippen molar-refractivity contribution in [1.82, 2.24) is 15.3 Å². The van der Waals surface area contributed by atoms with Crippen molar-refractivity contribution in [3.8, 4) is 11.1 Å². The Hall–Kier alpha value is -3.16. The summed E-state index contributed by atoms with van der Waals surface area (Å²) in [7, 11) is 0. The molecule has 0 aliphatic heterocycles. The lowest BCUT2D eigenvalue weighted by molar-refractivity contribution is -0.137. The fourth-order valence-electron chi connectivity index (χ4n) is 2.44. The second kappa shape index (κ2) is 6.99. The molecule has 2 aromatic heterocycles. The lowest BCUT2D eigenvalue weighted by atomic mass is 10.0. The van der Waals surface area contributed by atoms with Crippen LogP contribution in [-0.4, -0.2) is 22.5 Å². The number of halogens is 3. The molecule has 0 saturated carbocycles. The van der Waals surface area contributed by atoms with Gasteiger partial charge in [0.25, 0.3) is 0 Å². The number of hydrogen-bond acceptors (Lipinski definition) is 3. The molecule has 0 atom stereocenters. The van der Waals surface area contributed by atoms with E-state index in [0.717, 1.165) is 12.1 Å². The van der Waals surface area contributed by atoms with Crippen LogP contribution >= 0.6 is 0 Å². The van der Waals surface area contributed by atoms with Crippen LogP contribution in [0.3, 0.4) is 0 Å². The number of benzene rings is 1. The quantitative estimate of drug-likeness (QED) is 0.725.